The van der Waals surface area contributed by atoms with Gasteiger partial charge in [-0.1, -0.05) is 30.3 Å². The summed E-state index contributed by atoms with van der Waals surface area (Å²) in [5.74, 6) is 2.27. The van der Waals surface area contributed by atoms with Gasteiger partial charge in [0, 0.05) is 0 Å². The molecule has 0 N–H and O–H groups in total. The molecule has 0 radical (unpaired) electrons. The van der Waals surface area contributed by atoms with Gasteiger partial charge in [0.05, 0.1) is 5.92 Å². The lowest BCUT2D eigenvalue weighted by Gasteiger charge is -2.55. The van der Waals surface area contributed by atoms with Gasteiger partial charge in [0.15, 0.2) is 0 Å². The molecule has 0 spiro atoms. The zero-order valence-corrected chi connectivity index (χ0v) is 12.8. The molecule has 2 nitrogen and oxygen atoms in total. The first-order valence-corrected chi connectivity index (χ1v) is 8.41. The number of hydrogen-bond donors (Lipinski definition) is 0. The van der Waals surface area contributed by atoms with Gasteiger partial charge < -0.3 is 4.74 Å². The molecule has 1 unspecified atom stereocenters. The highest BCUT2D eigenvalue weighted by molar-refractivity contribution is 5.78. The fourth-order valence-electron chi connectivity index (χ4n) is 5.34. The van der Waals surface area contributed by atoms with E-state index in [1.165, 1.54) is 19.3 Å². The Morgan fingerprint density at radius 1 is 1.05 bits per heavy atom. The molecule has 1 aromatic carbocycles. The van der Waals surface area contributed by atoms with E-state index in [0.717, 1.165) is 42.6 Å². The predicted octanol–water partition coefficient (Wildman–Crippen LogP) is 4.30. The van der Waals surface area contributed by atoms with E-state index >= 15 is 0 Å². The Kier molecular flexibility index (Phi) is 3.09. The molecule has 1 aromatic rings. The van der Waals surface area contributed by atoms with Crippen LogP contribution in [0.2, 0.25) is 0 Å². The van der Waals surface area contributed by atoms with Crippen LogP contribution in [0.3, 0.4) is 0 Å². The molecule has 0 saturated heterocycles. The molecule has 0 aromatic heterocycles. The molecular formula is C19H24O2. The molecule has 0 amide bonds. The zero-order valence-electron chi connectivity index (χ0n) is 12.8. The third kappa shape index (κ3) is 2.39. The molecule has 4 aliphatic carbocycles. The summed E-state index contributed by atoms with van der Waals surface area (Å²) in [6, 6.07) is 10.0. The van der Waals surface area contributed by atoms with Crippen molar-refractivity contribution in [3.8, 4) is 0 Å². The summed E-state index contributed by atoms with van der Waals surface area (Å²) in [4.78, 5) is 12.6. The van der Waals surface area contributed by atoms with E-state index in [-0.39, 0.29) is 17.5 Å². The predicted molar refractivity (Wildman–Crippen MR) is 81.9 cm³/mol. The summed E-state index contributed by atoms with van der Waals surface area (Å²) < 4.78 is 6.13. The van der Waals surface area contributed by atoms with E-state index in [2.05, 4.69) is 0 Å². The maximum Gasteiger partial charge on any atom is 0.313 e. The molecule has 2 heteroatoms. The first-order chi connectivity index (χ1) is 10.1. The second-order valence-electron chi connectivity index (χ2n) is 7.65. The largest absolute Gasteiger partial charge is 0.459 e. The molecular weight excluding hydrogens is 260 g/mol. The highest BCUT2D eigenvalue weighted by Crippen LogP contribution is 2.57. The lowest BCUT2D eigenvalue weighted by molar-refractivity contribution is -0.187. The van der Waals surface area contributed by atoms with Gasteiger partial charge in [0.25, 0.3) is 0 Å². The third-order valence-corrected chi connectivity index (χ3v) is 5.95. The van der Waals surface area contributed by atoms with Gasteiger partial charge in [0.1, 0.15) is 5.60 Å². The molecule has 5 rings (SSSR count). The second kappa shape index (κ2) is 4.86. The van der Waals surface area contributed by atoms with Gasteiger partial charge in [-0.15, -0.1) is 0 Å². The monoisotopic (exact) mass is 284 g/mol. The molecule has 0 aliphatic heterocycles. The minimum Gasteiger partial charge on any atom is -0.459 e. The van der Waals surface area contributed by atoms with Crippen LogP contribution in [0.15, 0.2) is 30.3 Å². The molecule has 0 heterocycles. The highest BCUT2D eigenvalue weighted by Gasteiger charge is 2.53. The van der Waals surface area contributed by atoms with Crippen LogP contribution in [-0.2, 0) is 9.53 Å². The molecule has 1 atom stereocenters. The van der Waals surface area contributed by atoms with Crippen molar-refractivity contribution < 1.29 is 9.53 Å². The smallest absolute Gasteiger partial charge is 0.313 e. The van der Waals surface area contributed by atoms with Crippen molar-refractivity contribution in [2.45, 2.75) is 57.0 Å². The van der Waals surface area contributed by atoms with Crippen LogP contribution in [0.1, 0.15) is 56.9 Å². The summed E-state index contributed by atoms with van der Waals surface area (Å²) >= 11 is 0. The fraction of sp³-hybridized carbons (Fsp3) is 0.632. The summed E-state index contributed by atoms with van der Waals surface area (Å²) in [6.45, 7) is 1.97. The SMILES string of the molecule is CC(C(=O)OC12CC3CC(CC(C3)C1)C2)c1ccccc1. The Hall–Kier alpha value is -1.31. The maximum atomic E-state index is 12.6. The van der Waals surface area contributed by atoms with Crippen molar-refractivity contribution in [1.82, 2.24) is 0 Å². The summed E-state index contributed by atoms with van der Waals surface area (Å²) in [7, 11) is 0. The number of hydrogen-bond acceptors (Lipinski definition) is 2. The first-order valence-electron chi connectivity index (χ1n) is 8.41. The summed E-state index contributed by atoms with van der Waals surface area (Å²) in [5.41, 5.74) is 0.946. The van der Waals surface area contributed by atoms with Crippen molar-refractivity contribution in [2.24, 2.45) is 17.8 Å². The van der Waals surface area contributed by atoms with Gasteiger partial charge >= 0.3 is 5.97 Å². The Morgan fingerprint density at radius 3 is 2.10 bits per heavy atom. The molecule has 112 valence electrons. The molecule has 4 fully saturated rings. The number of carbonyl (C=O) groups is 1. The van der Waals surface area contributed by atoms with E-state index in [4.69, 9.17) is 4.74 Å². The van der Waals surface area contributed by atoms with Crippen molar-refractivity contribution in [3.63, 3.8) is 0 Å². The molecule has 21 heavy (non-hydrogen) atoms. The molecule has 4 bridgehead atoms. The van der Waals surface area contributed by atoms with Crippen LogP contribution in [0.4, 0.5) is 0 Å². The standard InChI is InChI=1S/C19H24O2/c1-13(17-5-3-2-4-6-17)18(20)21-19-10-14-7-15(11-19)9-16(8-14)12-19/h2-6,13-16H,7-12H2,1H3. The van der Waals surface area contributed by atoms with Gasteiger partial charge in [-0.2, -0.15) is 0 Å². The third-order valence-electron chi connectivity index (χ3n) is 5.95. The average Bonchev–Trinajstić information content (AvgIpc) is 2.45. The van der Waals surface area contributed by atoms with E-state index in [0.29, 0.717) is 0 Å². The number of esters is 1. The molecule has 4 aliphatic rings. The van der Waals surface area contributed by atoms with Crippen LogP contribution in [0.25, 0.3) is 0 Å². The highest BCUT2D eigenvalue weighted by atomic mass is 16.6. The van der Waals surface area contributed by atoms with E-state index in [1.807, 2.05) is 37.3 Å². The Balaban J connectivity index is 1.49. The normalized spacial score (nSPS) is 38.2. The van der Waals surface area contributed by atoms with Gasteiger partial charge in [-0.25, -0.2) is 0 Å². The zero-order chi connectivity index (χ0) is 14.4. The van der Waals surface area contributed by atoms with E-state index in [9.17, 15) is 4.79 Å². The summed E-state index contributed by atoms with van der Waals surface area (Å²) in [5, 5.41) is 0. The Labute approximate surface area is 126 Å². The van der Waals surface area contributed by atoms with Crippen molar-refractivity contribution in [2.75, 3.05) is 0 Å². The summed E-state index contributed by atoms with van der Waals surface area (Å²) in [6.07, 6.45) is 7.49. The topological polar surface area (TPSA) is 26.3 Å². The van der Waals surface area contributed by atoms with Gasteiger partial charge in [-0.05, 0) is 68.8 Å². The van der Waals surface area contributed by atoms with E-state index < -0.39 is 0 Å². The minimum absolute atomic E-state index is 0.0249. The molecule has 4 saturated carbocycles. The lowest BCUT2D eigenvalue weighted by atomic mass is 9.54. The van der Waals surface area contributed by atoms with Crippen molar-refractivity contribution in [1.29, 1.82) is 0 Å². The second-order valence-corrected chi connectivity index (χ2v) is 7.65. The van der Waals surface area contributed by atoms with Gasteiger partial charge in [0.2, 0.25) is 0 Å². The van der Waals surface area contributed by atoms with E-state index in [1.54, 1.807) is 0 Å². The van der Waals surface area contributed by atoms with Crippen LogP contribution >= 0.6 is 0 Å². The number of carbonyl (C=O) groups excluding carboxylic acids is 1. The number of benzene rings is 1. The van der Waals surface area contributed by atoms with Crippen LogP contribution in [0.5, 0.6) is 0 Å². The quantitative estimate of drug-likeness (QED) is 0.773. The number of rotatable bonds is 3. The first kappa shape index (κ1) is 13.4. The number of ether oxygens (including phenoxy) is 1. The van der Waals surface area contributed by atoms with Crippen LogP contribution in [0, 0.1) is 17.8 Å². The Bertz CT molecular complexity index is 498. The van der Waals surface area contributed by atoms with Crippen molar-refractivity contribution >= 4 is 5.97 Å². The Morgan fingerprint density at radius 2 is 1.57 bits per heavy atom. The van der Waals surface area contributed by atoms with Crippen LogP contribution in [-0.4, -0.2) is 11.6 Å². The average molecular weight is 284 g/mol. The van der Waals surface area contributed by atoms with Crippen molar-refractivity contribution in [3.05, 3.63) is 35.9 Å². The van der Waals surface area contributed by atoms with Crippen LogP contribution < -0.4 is 0 Å². The lowest BCUT2D eigenvalue weighted by Crippen LogP contribution is -2.53. The van der Waals surface area contributed by atoms with Gasteiger partial charge in [-0.3, -0.25) is 4.79 Å². The fourth-order valence-corrected chi connectivity index (χ4v) is 5.34. The minimum atomic E-state index is -0.154. The maximum absolute atomic E-state index is 12.6.